The lowest BCUT2D eigenvalue weighted by molar-refractivity contribution is -0.0432. The van der Waals surface area contributed by atoms with Gasteiger partial charge in [0.25, 0.3) is 0 Å². The molecule has 0 aromatic heterocycles. The van der Waals surface area contributed by atoms with Gasteiger partial charge in [-0.2, -0.15) is 0 Å². The molecule has 3 unspecified atom stereocenters. The normalized spacial score (nSPS) is 27.4. The Labute approximate surface area is 196 Å². The van der Waals surface area contributed by atoms with Crippen molar-refractivity contribution in [3.05, 3.63) is 29.3 Å². The number of benzene rings is 1. The van der Waals surface area contributed by atoms with Crippen molar-refractivity contribution < 1.29 is 4.74 Å². The molecule has 0 amide bonds. The SMILES string of the molecule is CCNC(=NCC1CN2CCCC2CO1)NC1CCN(c2cccc(Cl)c2)C1.I. The monoisotopic (exact) mass is 533 g/mol. The Hall–Kier alpha value is -0.770. The lowest BCUT2D eigenvalue weighted by atomic mass is 10.2. The Kier molecular flexibility index (Phi) is 8.70. The van der Waals surface area contributed by atoms with E-state index in [4.69, 9.17) is 21.3 Å². The Bertz CT molecular complexity index is 691. The number of fused-ring (bicyclic) bond motifs is 1. The zero-order valence-electron chi connectivity index (χ0n) is 17.1. The third-order valence-electron chi connectivity index (χ3n) is 5.96. The van der Waals surface area contributed by atoms with Crippen LogP contribution in [-0.4, -0.2) is 74.9 Å². The molecular weight excluding hydrogens is 501 g/mol. The molecule has 6 nitrogen and oxygen atoms in total. The minimum atomic E-state index is 0. The van der Waals surface area contributed by atoms with Gasteiger partial charge in [0.05, 0.1) is 19.3 Å². The summed E-state index contributed by atoms with van der Waals surface area (Å²) in [5.41, 5.74) is 1.19. The summed E-state index contributed by atoms with van der Waals surface area (Å²) in [5.74, 6) is 0.896. The van der Waals surface area contributed by atoms with Crippen LogP contribution >= 0.6 is 35.6 Å². The second-order valence-electron chi connectivity index (χ2n) is 8.02. The molecule has 1 aromatic rings. The summed E-state index contributed by atoms with van der Waals surface area (Å²) in [6.45, 7) is 8.75. The highest BCUT2D eigenvalue weighted by Gasteiger charge is 2.32. The second-order valence-corrected chi connectivity index (χ2v) is 8.46. The number of halogens is 2. The van der Waals surface area contributed by atoms with Crippen LogP contribution in [0.15, 0.2) is 29.3 Å². The molecule has 0 saturated carbocycles. The van der Waals surface area contributed by atoms with Crippen molar-refractivity contribution in [2.24, 2.45) is 4.99 Å². The van der Waals surface area contributed by atoms with Crippen LogP contribution in [-0.2, 0) is 4.74 Å². The second kappa shape index (κ2) is 11.0. The van der Waals surface area contributed by atoms with Gasteiger partial charge in [0, 0.05) is 49.0 Å². The van der Waals surface area contributed by atoms with E-state index in [0.717, 1.165) is 50.2 Å². The molecule has 3 aliphatic heterocycles. The third-order valence-corrected chi connectivity index (χ3v) is 6.20. The molecule has 3 saturated heterocycles. The predicted molar refractivity (Wildman–Crippen MR) is 131 cm³/mol. The number of ether oxygens (including phenoxy) is 1. The molecule has 0 spiro atoms. The molecule has 3 aliphatic rings. The molecule has 0 aliphatic carbocycles. The average Bonchev–Trinajstić information content (AvgIpc) is 3.35. The van der Waals surface area contributed by atoms with E-state index in [0.29, 0.717) is 18.6 Å². The Morgan fingerprint density at radius 3 is 3.00 bits per heavy atom. The summed E-state index contributed by atoms with van der Waals surface area (Å²) in [6, 6.07) is 9.12. The molecule has 1 aromatic carbocycles. The predicted octanol–water partition coefficient (Wildman–Crippen LogP) is 2.96. The van der Waals surface area contributed by atoms with Crippen molar-refractivity contribution in [2.75, 3.05) is 50.8 Å². The lowest BCUT2D eigenvalue weighted by Gasteiger charge is -2.34. The highest BCUT2D eigenvalue weighted by atomic mass is 127. The van der Waals surface area contributed by atoms with E-state index in [1.54, 1.807) is 0 Å². The molecule has 3 heterocycles. The third kappa shape index (κ3) is 6.12. The van der Waals surface area contributed by atoms with Gasteiger partial charge in [0.2, 0.25) is 0 Å². The number of nitrogens with one attached hydrogen (secondary N) is 2. The minimum absolute atomic E-state index is 0. The summed E-state index contributed by atoms with van der Waals surface area (Å²) < 4.78 is 6.05. The first kappa shape index (κ1) is 22.9. The van der Waals surface area contributed by atoms with Gasteiger partial charge in [-0.3, -0.25) is 9.89 Å². The number of aliphatic imine (C=N–C) groups is 1. The van der Waals surface area contributed by atoms with Crippen LogP contribution in [0.25, 0.3) is 0 Å². The van der Waals surface area contributed by atoms with Crippen LogP contribution in [0.3, 0.4) is 0 Å². The molecule has 3 atom stereocenters. The molecule has 0 bridgehead atoms. The van der Waals surface area contributed by atoms with Crippen molar-refractivity contribution in [1.82, 2.24) is 15.5 Å². The van der Waals surface area contributed by atoms with E-state index in [-0.39, 0.29) is 30.1 Å². The number of rotatable bonds is 5. The summed E-state index contributed by atoms with van der Waals surface area (Å²) in [5, 5.41) is 7.79. The van der Waals surface area contributed by atoms with Gasteiger partial charge in [0.1, 0.15) is 0 Å². The van der Waals surface area contributed by atoms with Crippen LogP contribution in [0.1, 0.15) is 26.2 Å². The number of guanidine groups is 1. The van der Waals surface area contributed by atoms with E-state index in [1.165, 1.54) is 25.1 Å². The van der Waals surface area contributed by atoms with Crippen LogP contribution < -0.4 is 15.5 Å². The fourth-order valence-electron chi connectivity index (χ4n) is 4.49. The topological polar surface area (TPSA) is 52.1 Å². The first-order chi connectivity index (χ1) is 13.7. The first-order valence-corrected chi connectivity index (χ1v) is 11.0. The standard InChI is InChI=1S/C21H32ClN5O.HI/c1-2-23-21(24-12-20-14-26-9-4-7-19(26)15-28-20)25-17-8-10-27(13-17)18-6-3-5-16(22)11-18;/h3,5-6,11,17,19-20H,2,4,7-10,12-15H2,1H3,(H2,23,24,25);1H. The van der Waals surface area contributed by atoms with E-state index in [2.05, 4.69) is 33.4 Å². The zero-order chi connectivity index (χ0) is 19.3. The fraction of sp³-hybridized carbons (Fsp3) is 0.667. The first-order valence-electron chi connectivity index (χ1n) is 10.6. The Morgan fingerprint density at radius 1 is 1.28 bits per heavy atom. The molecule has 3 fully saturated rings. The maximum Gasteiger partial charge on any atom is 0.191 e. The van der Waals surface area contributed by atoms with Crippen molar-refractivity contribution in [1.29, 1.82) is 0 Å². The molecule has 0 radical (unpaired) electrons. The smallest absolute Gasteiger partial charge is 0.191 e. The lowest BCUT2D eigenvalue weighted by Crippen LogP contribution is -2.48. The summed E-state index contributed by atoms with van der Waals surface area (Å²) >= 11 is 6.15. The van der Waals surface area contributed by atoms with Gasteiger partial charge in [-0.15, -0.1) is 24.0 Å². The Morgan fingerprint density at radius 2 is 2.17 bits per heavy atom. The van der Waals surface area contributed by atoms with E-state index in [1.807, 2.05) is 18.2 Å². The van der Waals surface area contributed by atoms with Crippen molar-refractivity contribution in [3.63, 3.8) is 0 Å². The molecule has 8 heteroatoms. The number of anilines is 1. The van der Waals surface area contributed by atoms with Crippen LogP contribution in [0.2, 0.25) is 5.02 Å². The maximum atomic E-state index is 6.15. The van der Waals surface area contributed by atoms with Gasteiger partial charge in [0.15, 0.2) is 5.96 Å². The minimum Gasteiger partial charge on any atom is -0.373 e. The van der Waals surface area contributed by atoms with Crippen molar-refractivity contribution >= 4 is 47.2 Å². The quantitative estimate of drug-likeness (QED) is 0.346. The fourth-order valence-corrected chi connectivity index (χ4v) is 4.67. The number of hydrogen-bond acceptors (Lipinski definition) is 4. The number of hydrogen-bond donors (Lipinski definition) is 2. The molecule has 162 valence electrons. The van der Waals surface area contributed by atoms with Crippen LogP contribution in [0, 0.1) is 0 Å². The highest BCUT2D eigenvalue weighted by Crippen LogP contribution is 2.24. The molecule has 4 rings (SSSR count). The largest absolute Gasteiger partial charge is 0.373 e. The van der Waals surface area contributed by atoms with E-state index < -0.39 is 0 Å². The number of nitrogens with zero attached hydrogens (tertiary/aromatic N) is 3. The van der Waals surface area contributed by atoms with Crippen LogP contribution in [0.4, 0.5) is 5.69 Å². The summed E-state index contributed by atoms with van der Waals surface area (Å²) in [4.78, 5) is 9.78. The van der Waals surface area contributed by atoms with Gasteiger partial charge in [-0.25, -0.2) is 0 Å². The summed E-state index contributed by atoms with van der Waals surface area (Å²) in [6.07, 6.45) is 3.88. The zero-order valence-corrected chi connectivity index (χ0v) is 20.2. The van der Waals surface area contributed by atoms with Gasteiger partial charge in [-0.05, 0) is 50.9 Å². The number of morpholine rings is 1. The van der Waals surface area contributed by atoms with Gasteiger partial charge in [-0.1, -0.05) is 17.7 Å². The average molecular weight is 534 g/mol. The van der Waals surface area contributed by atoms with E-state index in [9.17, 15) is 0 Å². The Balaban J connectivity index is 0.00000240. The van der Waals surface area contributed by atoms with Crippen LogP contribution in [0.5, 0.6) is 0 Å². The molecule has 29 heavy (non-hydrogen) atoms. The molecular formula is C21H33ClIN5O. The van der Waals surface area contributed by atoms with Crippen molar-refractivity contribution in [2.45, 2.75) is 44.4 Å². The highest BCUT2D eigenvalue weighted by molar-refractivity contribution is 14.0. The molecule has 2 N–H and O–H groups in total. The van der Waals surface area contributed by atoms with Gasteiger partial charge < -0.3 is 20.3 Å². The van der Waals surface area contributed by atoms with E-state index >= 15 is 0 Å². The maximum absolute atomic E-state index is 6.15. The van der Waals surface area contributed by atoms with Crippen molar-refractivity contribution in [3.8, 4) is 0 Å². The summed E-state index contributed by atoms with van der Waals surface area (Å²) in [7, 11) is 0. The van der Waals surface area contributed by atoms with Gasteiger partial charge >= 0.3 is 0 Å².